The third-order valence-electron chi connectivity index (χ3n) is 4.32. The summed E-state index contributed by atoms with van der Waals surface area (Å²) in [6.45, 7) is 1.39. The summed E-state index contributed by atoms with van der Waals surface area (Å²) in [6.07, 6.45) is 0.592. The molecule has 1 aromatic heterocycles. The Morgan fingerprint density at radius 3 is 2.68 bits per heavy atom. The van der Waals surface area contributed by atoms with E-state index in [1.165, 1.54) is 19.1 Å². The third kappa shape index (κ3) is 5.50. The van der Waals surface area contributed by atoms with Crippen molar-refractivity contribution >= 4 is 40.2 Å². The number of nitrogens with one attached hydrogen (secondary N) is 1. The molecule has 0 aliphatic rings. The molecule has 0 aliphatic carbocycles. The Balaban J connectivity index is 1.88. The number of halogens is 1. The third-order valence-corrected chi connectivity index (χ3v) is 5.10. The van der Waals surface area contributed by atoms with Crippen LogP contribution in [0.1, 0.15) is 28.9 Å². The molecule has 1 amide bonds. The molecule has 2 N–H and O–H groups in total. The maximum atomic E-state index is 12.7. The van der Waals surface area contributed by atoms with Crippen molar-refractivity contribution in [3.63, 3.8) is 0 Å². The maximum absolute atomic E-state index is 12.7. The lowest BCUT2D eigenvalue weighted by Gasteiger charge is -2.12. The van der Waals surface area contributed by atoms with Gasteiger partial charge in [0.15, 0.2) is 0 Å². The molecule has 0 saturated carbocycles. The molecular formula is C20H16ClN3O6S. The van der Waals surface area contributed by atoms with E-state index in [1.54, 1.807) is 36.5 Å². The number of pyridine rings is 1. The minimum Gasteiger partial charge on any atom is -0.322 e. The van der Waals surface area contributed by atoms with Crippen LogP contribution in [0, 0.1) is 10.1 Å². The van der Waals surface area contributed by atoms with Crippen LogP contribution in [0.2, 0.25) is 5.02 Å². The highest BCUT2D eigenvalue weighted by molar-refractivity contribution is 7.74. The summed E-state index contributed by atoms with van der Waals surface area (Å²) < 4.78 is 24.4. The van der Waals surface area contributed by atoms with Crippen LogP contribution in [0.25, 0.3) is 11.3 Å². The van der Waals surface area contributed by atoms with Gasteiger partial charge in [-0.25, -0.2) is 0 Å². The van der Waals surface area contributed by atoms with E-state index in [4.69, 9.17) is 20.3 Å². The largest absolute Gasteiger partial charge is 0.322 e. The van der Waals surface area contributed by atoms with Gasteiger partial charge in [-0.05, 0) is 49.4 Å². The van der Waals surface area contributed by atoms with E-state index in [0.29, 0.717) is 22.0 Å². The van der Waals surface area contributed by atoms with Crippen molar-refractivity contribution in [2.45, 2.75) is 13.0 Å². The molecule has 1 heterocycles. The van der Waals surface area contributed by atoms with Gasteiger partial charge in [-0.15, -0.1) is 0 Å². The number of carbonyl (C=O) groups excluding carboxylic acids is 1. The lowest BCUT2D eigenvalue weighted by molar-refractivity contribution is -0.386. The van der Waals surface area contributed by atoms with Gasteiger partial charge in [0.2, 0.25) is 0 Å². The summed E-state index contributed by atoms with van der Waals surface area (Å²) >= 11 is 3.65. The van der Waals surface area contributed by atoms with Crippen LogP contribution in [-0.4, -0.2) is 24.6 Å². The van der Waals surface area contributed by atoms with Crippen molar-refractivity contribution in [2.75, 3.05) is 5.32 Å². The van der Waals surface area contributed by atoms with Gasteiger partial charge in [0.25, 0.3) is 11.6 Å². The molecule has 2 atom stereocenters. The molecule has 2 aromatic carbocycles. The smallest absolute Gasteiger partial charge is 0.302 e. The van der Waals surface area contributed by atoms with E-state index >= 15 is 0 Å². The van der Waals surface area contributed by atoms with Crippen LogP contribution >= 0.6 is 11.6 Å². The van der Waals surface area contributed by atoms with Crippen molar-refractivity contribution in [1.82, 2.24) is 4.98 Å². The van der Waals surface area contributed by atoms with Crippen LogP contribution in [-0.2, 0) is 15.5 Å². The van der Waals surface area contributed by atoms with Crippen molar-refractivity contribution in [3.05, 3.63) is 87.1 Å². The van der Waals surface area contributed by atoms with Crippen molar-refractivity contribution < 1.29 is 22.7 Å². The van der Waals surface area contributed by atoms with Gasteiger partial charge in [0.1, 0.15) is 6.10 Å². The molecule has 0 bridgehead atoms. The topological polar surface area (TPSA) is 132 Å². The molecule has 9 nitrogen and oxygen atoms in total. The number of aromatic nitrogens is 1. The maximum Gasteiger partial charge on any atom is 0.302 e. The van der Waals surface area contributed by atoms with E-state index in [-0.39, 0.29) is 11.1 Å². The van der Waals surface area contributed by atoms with E-state index in [1.807, 2.05) is 6.07 Å². The fraction of sp³-hybridized carbons (Fsp3) is 0.100. The SMILES string of the molecule is CC(OS(=O)O)c1ccc(C(=O)Nc2ccc(Cl)c(-c3ccccn3)c2)cc1[N+](=O)[O-]. The number of amides is 1. The quantitative estimate of drug-likeness (QED) is 0.294. The number of nitro benzene ring substituents is 1. The summed E-state index contributed by atoms with van der Waals surface area (Å²) in [5.41, 5.74) is 1.35. The summed E-state index contributed by atoms with van der Waals surface area (Å²) in [6, 6.07) is 14.0. The Morgan fingerprint density at radius 2 is 2.03 bits per heavy atom. The fourth-order valence-corrected chi connectivity index (χ4v) is 3.45. The number of carbonyl (C=O) groups is 1. The second kappa shape index (κ2) is 9.75. The Labute approximate surface area is 184 Å². The molecule has 3 rings (SSSR count). The highest BCUT2D eigenvalue weighted by Crippen LogP contribution is 2.31. The van der Waals surface area contributed by atoms with Crippen LogP contribution in [0.3, 0.4) is 0 Å². The average molecular weight is 462 g/mol. The van der Waals surface area contributed by atoms with Crippen LogP contribution in [0.4, 0.5) is 11.4 Å². The fourth-order valence-electron chi connectivity index (χ4n) is 2.89. The van der Waals surface area contributed by atoms with E-state index < -0.39 is 34.0 Å². The first-order valence-corrected chi connectivity index (χ1v) is 10.3. The zero-order valence-corrected chi connectivity index (χ0v) is 17.6. The lowest BCUT2D eigenvalue weighted by atomic mass is 10.0. The normalized spacial score (nSPS) is 12.7. The van der Waals surface area contributed by atoms with Gasteiger partial charge in [0.05, 0.1) is 21.2 Å². The molecular weight excluding hydrogens is 446 g/mol. The van der Waals surface area contributed by atoms with Crippen LogP contribution in [0.15, 0.2) is 60.8 Å². The van der Waals surface area contributed by atoms with Gasteiger partial charge < -0.3 is 5.32 Å². The van der Waals surface area contributed by atoms with Gasteiger partial charge in [-0.3, -0.25) is 28.6 Å². The minimum atomic E-state index is -2.60. The number of anilines is 1. The molecule has 160 valence electrons. The summed E-state index contributed by atoms with van der Waals surface area (Å²) in [5.74, 6) is -0.580. The number of hydrogen-bond donors (Lipinski definition) is 2. The molecule has 11 heteroatoms. The number of nitrogens with zero attached hydrogens (tertiary/aromatic N) is 2. The van der Waals surface area contributed by atoms with Gasteiger partial charge in [0, 0.05) is 29.1 Å². The van der Waals surface area contributed by atoms with Crippen LogP contribution in [0.5, 0.6) is 0 Å². The van der Waals surface area contributed by atoms with Crippen molar-refractivity contribution in [2.24, 2.45) is 0 Å². The molecule has 2 unspecified atom stereocenters. The second-order valence-electron chi connectivity index (χ2n) is 6.35. The number of nitro groups is 1. The Kier molecular flexibility index (Phi) is 7.08. The van der Waals surface area contributed by atoms with Gasteiger partial charge in [-0.1, -0.05) is 17.7 Å². The molecule has 3 aromatic rings. The summed E-state index contributed by atoms with van der Waals surface area (Å²) in [5, 5.41) is 14.6. The van der Waals surface area contributed by atoms with Gasteiger partial charge in [-0.2, -0.15) is 4.21 Å². The first-order valence-electron chi connectivity index (χ1n) is 8.85. The highest BCUT2D eigenvalue weighted by Gasteiger charge is 2.23. The standard InChI is InChI=1S/C20H16ClN3O6S/c1-12(30-31(28)29)15-7-5-13(10-19(15)24(26)27)20(25)23-14-6-8-17(21)16(11-14)18-4-2-3-9-22-18/h2-12H,1H3,(H,23,25)(H,28,29). The molecule has 0 spiro atoms. The molecule has 31 heavy (non-hydrogen) atoms. The predicted octanol–water partition coefficient (Wildman–Crippen LogP) is 4.78. The Bertz CT molecular complexity index is 1160. The van der Waals surface area contributed by atoms with Crippen LogP contribution < -0.4 is 5.32 Å². The number of rotatable bonds is 7. The highest BCUT2D eigenvalue weighted by atomic mass is 35.5. The van der Waals surface area contributed by atoms with E-state index in [0.717, 1.165) is 6.07 Å². The second-order valence-corrected chi connectivity index (χ2v) is 7.38. The zero-order valence-electron chi connectivity index (χ0n) is 16.0. The van der Waals surface area contributed by atoms with Crippen molar-refractivity contribution in [1.29, 1.82) is 0 Å². The Hall–Kier alpha value is -3.18. The Morgan fingerprint density at radius 1 is 1.26 bits per heavy atom. The van der Waals surface area contributed by atoms with E-state index in [2.05, 4.69) is 10.3 Å². The predicted molar refractivity (Wildman–Crippen MR) is 116 cm³/mol. The monoisotopic (exact) mass is 461 g/mol. The zero-order chi connectivity index (χ0) is 22.5. The molecule has 0 radical (unpaired) electrons. The first-order chi connectivity index (χ1) is 14.8. The summed E-state index contributed by atoms with van der Waals surface area (Å²) in [4.78, 5) is 27.7. The number of hydrogen-bond acceptors (Lipinski definition) is 6. The first kappa shape index (κ1) is 22.5. The van der Waals surface area contributed by atoms with E-state index in [9.17, 15) is 19.1 Å². The lowest BCUT2D eigenvalue weighted by Crippen LogP contribution is -2.13. The minimum absolute atomic E-state index is 0.0297. The molecule has 0 aliphatic heterocycles. The summed E-state index contributed by atoms with van der Waals surface area (Å²) in [7, 11) is 0. The number of benzene rings is 2. The van der Waals surface area contributed by atoms with Crippen molar-refractivity contribution in [3.8, 4) is 11.3 Å². The molecule has 0 saturated heterocycles. The molecule has 0 fully saturated rings. The average Bonchev–Trinajstić information content (AvgIpc) is 2.74. The van der Waals surface area contributed by atoms with Gasteiger partial charge >= 0.3 is 11.4 Å².